The molecule has 0 amide bonds. The van der Waals surface area contributed by atoms with Crippen molar-refractivity contribution in [1.29, 1.82) is 0 Å². The molecule has 1 aliphatic heterocycles. The molecule has 1 aromatic carbocycles. The van der Waals surface area contributed by atoms with E-state index in [4.69, 9.17) is 10.5 Å². The van der Waals surface area contributed by atoms with E-state index in [-0.39, 0.29) is 17.6 Å². The van der Waals surface area contributed by atoms with Gasteiger partial charge in [0, 0.05) is 35.3 Å². The predicted molar refractivity (Wildman–Crippen MR) is 79.4 cm³/mol. The van der Waals surface area contributed by atoms with Crippen LogP contribution in [0.2, 0.25) is 0 Å². The second-order valence-corrected chi connectivity index (χ2v) is 6.30. The zero-order valence-electron chi connectivity index (χ0n) is 11.4. The molecule has 19 heavy (non-hydrogen) atoms. The molecule has 2 rings (SSSR count). The van der Waals surface area contributed by atoms with Crippen molar-refractivity contribution in [2.45, 2.75) is 26.7 Å². The quantitative estimate of drug-likeness (QED) is 0.905. The van der Waals surface area contributed by atoms with E-state index in [2.05, 4.69) is 22.0 Å². The highest BCUT2D eigenvalue weighted by Gasteiger charge is 2.24. The zero-order chi connectivity index (χ0) is 14.0. The molecule has 1 aromatic rings. The summed E-state index contributed by atoms with van der Waals surface area (Å²) in [5.74, 6) is 1.30. The number of ketones is 1. The average molecular weight is 326 g/mol. The van der Waals surface area contributed by atoms with E-state index in [9.17, 15) is 4.79 Å². The summed E-state index contributed by atoms with van der Waals surface area (Å²) in [6.07, 6.45) is 1.32. The molecule has 1 atom stereocenters. The van der Waals surface area contributed by atoms with Gasteiger partial charge in [-0.2, -0.15) is 0 Å². The third-order valence-corrected chi connectivity index (χ3v) is 4.12. The fourth-order valence-electron chi connectivity index (χ4n) is 2.57. The van der Waals surface area contributed by atoms with Gasteiger partial charge in [0.15, 0.2) is 0 Å². The molecule has 104 valence electrons. The van der Waals surface area contributed by atoms with Crippen molar-refractivity contribution in [2.24, 2.45) is 17.6 Å². The van der Waals surface area contributed by atoms with Crippen LogP contribution in [-0.4, -0.2) is 18.9 Å². The van der Waals surface area contributed by atoms with Crippen molar-refractivity contribution in [1.82, 2.24) is 0 Å². The number of hydrogen-bond acceptors (Lipinski definition) is 3. The number of fused-ring (bicyclic) bond motifs is 1. The minimum absolute atomic E-state index is 0.0731. The number of halogens is 1. The Hall–Kier alpha value is -0.870. The van der Waals surface area contributed by atoms with Crippen LogP contribution in [0.3, 0.4) is 0 Å². The summed E-state index contributed by atoms with van der Waals surface area (Å²) < 4.78 is 6.66. The van der Waals surface area contributed by atoms with Gasteiger partial charge < -0.3 is 10.5 Å². The molecule has 0 saturated heterocycles. The molecule has 1 unspecified atom stereocenters. The topological polar surface area (TPSA) is 52.3 Å². The third-order valence-electron chi connectivity index (χ3n) is 3.66. The number of nitrogens with two attached hydrogens (primary N) is 1. The third kappa shape index (κ3) is 3.18. The van der Waals surface area contributed by atoms with Crippen LogP contribution in [0, 0.1) is 11.8 Å². The van der Waals surface area contributed by atoms with Crippen molar-refractivity contribution in [3.63, 3.8) is 0 Å². The summed E-state index contributed by atoms with van der Waals surface area (Å²) in [5.41, 5.74) is 7.87. The maximum Gasteiger partial charge on any atom is 0.141 e. The van der Waals surface area contributed by atoms with Crippen LogP contribution in [0.25, 0.3) is 0 Å². The number of ether oxygens (including phenoxy) is 1. The van der Waals surface area contributed by atoms with Crippen molar-refractivity contribution in [3.8, 4) is 5.75 Å². The van der Waals surface area contributed by atoms with Gasteiger partial charge in [0.1, 0.15) is 11.5 Å². The number of benzene rings is 1. The van der Waals surface area contributed by atoms with Crippen LogP contribution in [0.5, 0.6) is 5.75 Å². The Balaban J connectivity index is 2.22. The first-order valence-corrected chi connectivity index (χ1v) is 7.49. The Bertz CT molecular complexity index is 485. The SMILES string of the molecule is CC(C)C(CN)C(=O)Cc1cc(Br)cc2c1OCC2. The summed E-state index contributed by atoms with van der Waals surface area (Å²) in [6, 6.07) is 4.05. The minimum Gasteiger partial charge on any atom is -0.493 e. The molecular formula is C15H20BrNO2. The van der Waals surface area contributed by atoms with Crippen LogP contribution in [0.15, 0.2) is 16.6 Å². The van der Waals surface area contributed by atoms with Gasteiger partial charge in [-0.3, -0.25) is 4.79 Å². The smallest absolute Gasteiger partial charge is 0.141 e. The molecule has 1 aliphatic rings. The highest BCUT2D eigenvalue weighted by molar-refractivity contribution is 9.10. The van der Waals surface area contributed by atoms with Crippen molar-refractivity contribution in [2.75, 3.05) is 13.2 Å². The van der Waals surface area contributed by atoms with Crippen LogP contribution in [-0.2, 0) is 17.6 Å². The van der Waals surface area contributed by atoms with Gasteiger partial charge in [-0.25, -0.2) is 0 Å². The van der Waals surface area contributed by atoms with Gasteiger partial charge in [0.25, 0.3) is 0 Å². The molecule has 0 radical (unpaired) electrons. The Morgan fingerprint density at radius 3 is 2.84 bits per heavy atom. The maximum absolute atomic E-state index is 12.3. The molecule has 0 spiro atoms. The molecule has 0 aliphatic carbocycles. The molecule has 2 N–H and O–H groups in total. The lowest BCUT2D eigenvalue weighted by molar-refractivity contribution is -0.123. The summed E-state index contributed by atoms with van der Waals surface area (Å²) in [7, 11) is 0. The van der Waals surface area contributed by atoms with E-state index < -0.39 is 0 Å². The summed E-state index contributed by atoms with van der Waals surface area (Å²) in [4.78, 5) is 12.3. The minimum atomic E-state index is -0.0731. The van der Waals surface area contributed by atoms with Crippen LogP contribution in [0.1, 0.15) is 25.0 Å². The van der Waals surface area contributed by atoms with Gasteiger partial charge in [0.05, 0.1) is 6.61 Å². The monoisotopic (exact) mass is 325 g/mol. The first-order chi connectivity index (χ1) is 9.02. The van der Waals surface area contributed by atoms with E-state index in [1.807, 2.05) is 19.9 Å². The first-order valence-electron chi connectivity index (χ1n) is 6.69. The summed E-state index contributed by atoms with van der Waals surface area (Å²) >= 11 is 3.50. The molecule has 0 fully saturated rings. The van der Waals surface area contributed by atoms with Crippen LogP contribution >= 0.6 is 15.9 Å². The lowest BCUT2D eigenvalue weighted by Gasteiger charge is -2.18. The standard InChI is InChI=1S/C15H20BrNO2/c1-9(2)13(8-17)14(18)7-11-6-12(16)5-10-3-4-19-15(10)11/h5-6,9,13H,3-4,7-8,17H2,1-2H3. The fraction of sp³-hybridized carbons (Fsp3) is 0.533. The lowest BCUT2D eigenvalue weighted by Crippen LogP contribution is -2.29. The van der Waals surface area contributed by atoms with Crippen molar-refractivity contribution >= 4 is 21.7 Å². The summed E-state index contributed by atoms with van der Waals surface area (Å²) in [5, 5.41) is 0. The highest BCUT2D eigenvalue weighted by Crippen LogP contribution is 2.34. The molecule has 4 heteroatoms. The van der Waals surface area contributed by atoms with E-state index >= 15 is 0 Å². The number of carbonyl (C=O) groups excluding carboxylic acids is 1. The maximum atomic E-state index is 12.3. The first kappa shape index (κ1) is 14.5. The van der Waals surface area contributed by atoms with E-state index in [1.165, 1.54) is 5.56 Å². The van der Waals surface area contributed by atoms with Crippen LogP contribution in [0.4, 0.5) is 0 Å². The average Bonchev–Trinajstić information content (AvgIpc) is 2.77. The van der Waals surface area contributed by atoms with Gasteiger partial charge in [-0.15, -0.1) is 0 Å². The lowest BCUT2D eigenvalue weighted by atomic mass is 9.88. The Morgan fingerprint density at radius 2 is 2.21 bits per heavy atom. The Labute approximate surface area is 122 Å². The number of Topliss-reactive ketones (excluding diaryl/α,β-unsaturated/α-hetero) is 1. The van der Waals surface area contributed by atoms with Gasteiger partial charge in [0.2, 0.25) is 0 Å². The van der Waals surface area contributed by atoms with Crippen LogP contribution < -0.4 is 10.5 Å². The predicted octanol–water partition coefficient (Wildman–Crippen LogP) is 2.73. The van der Waals surface area contributed by atoms with Gasteiger partial charge in [-0.1, -0.05) is 29.8 Å². The molecular weight excluding hydrogens is 306 g/mol. The second kappa shape index (κ2) is 6.06. The summed E-state index contributed by atoms with van der Waals surface area (Å²) in [6.45, 7) is 5.19. The largest absolute Gasteiger partial charge is 0.493 e. The number of carbonyl (C=O) groups is 1. The van der Waals surface area contributed by atoms with Gasteiger partial charge in [-0.05, 0) is 23.6 Å². The molecule has 3 nitrogen and oxygen atoms in total. The Kier molecular flexibility index (Phi) is 4.63. The number of hydrogen-bond donors (Lipinski definition) is 1. The van der Waals surface area contributed by atoms with Crippen molar-refractivity contribution in [3.05, 3.63) is 27.7 Å². The molecule has 0 saturated carbocycles. The van der Waals surface area contributed by atoms with E-state index in [0.717, 1.165) is 22.2 Å². The molecule has 1 heterocycles. The zero-order valence-corrected chi connectivity index (χ0v) is 13.0. The highest BCUT2D eigenvalue weighted by atomic mass is 79.9. The fourth-order valence-corrected chi connectivity index (χ4v) is 3.12. The van der Waals surface area contributed by atoms with E-state index in [0.29, 0.717) is 19.6 Å². The number of rotatable bonds is 5. The Morgan fingerprint density at radius 1 is 1.47 bits per heavy atom. The molecule has 0 bridgehead atoms. The van der Waals surface area contributed by atoms with Gasteiger partial charge >= 0.3 is 0 Å². The normalized spacial score (nSPS) is 15.2. The molecule has 0 aromatic heterocycles. The van der Waals surface area contributed by atoms with Crippen molar-refractivity contribution < 1.29 is 9.53 Å². The van der Waals surface area contributed by atoms with E-state index in [1.54, 1.807) is 0 Å². The second-order valence-electron chi connectivity index (χ2n) is 5.38.